The molecule has 2 aromatic rings. The standard InChI is InChI=1S/C14H19N3/c1-11(2)15-14-10-13(16-17-14)9-8-12-6-4-3-5-7-12/h3-7,10-11H,8-9H2,1-2H3,(H2,15,16,17). The van der Waals surface area contributed by atoms with Crippen LogP contribution in [0.2, 0.25) is 0 Å². The Morgan fingerprint density at radius 3 is 2.65 bits per heavy atom. The van der Waals surface area contributed by atoms with Gasteiger partial charge in [-0.3, -0.25) is 5.10 Å². The third kappa shape index (κ3) is 3.63. The average molecular weight is 229 g/mol. The number of aromatic amines is 1. The molecule has 17 heavy (non-hydrogen) atoms. The van der Waals surface area contributed by atoms with Gasteiger partial charge in [-0.25, -0.2) is 0 Å². The van der Waals surface area contributed by atoms with Crippen molar-refractivity contribution in [2.75, 3.05) is 5.32 Å². The largest absolute Gasteiger partial charge is 0.368 e. The molecule has 3 heteroatoms. The van der Waals surface area contributed by atoms with Gasteiger partial charge in [0.2, 0.25) is 0 Å². The molecule has 0 radical (unpaired) electrons. The smallest absolute Gasteiger partial charge is 0.121 e. The lowest BCUT2D eigenvalue weighted by atomic mass is 10.1. The second-order valence-corrected chi connectivity index (χ2v) is 4.56. The van der Waals surface area contributed by atoms with Gasteiger partial charge in [-0.2, -0.15) is 5.10 Å². The topological polar surface area (TPSA) is 40.7 Å². The summed E-state index contributed by atoms with van der Waals surface area (Å²) < 4.78 is 0. The van der Waals surface area contributed by atoms with Crippen LogP contribution < -0.4 is 5.32 Å². The molecule has 0 atom stereocenters. The van der Waals surface area contributed by atoms with Crippen LogP contribution in [-0.2, 0) is 12.8 Å². The fourth-order valence-electron chi connectivity index (χ4n) is 1.79. The van der Waals surface area contributed by atoms with E-state index in [2.05, 4.69) is 59.7 Å². The minimum Gasteiger partial charge on any atom is -0.368 e. The van der Waals surface area contributed by atoms with Crippen LogP contribution in [0.1, 0.15) is 25.1 Å². The van der Waals surface area contributed by atoms with Crippen molar-refractivity contribution < 1.29 is 0 Å². The van der Waals surface area contributed by atoms with Crippen LogP contribution in [0.25, 0.3) is 0 Å². The Bertz CT molecular complexity index is 446. The van der Waals surface area contributed by atoms with Crippen LogP contribution in [0.5, 0.6) is 0 Å². The van der Waals surface area contributed by atoms with Gasteiger partial charge in [0, 0.05) is 12.1 Å². The van der Waals surface area contributed by atoms with E-state index in [0.29, 0.717) is 6.04 Å². The van der Waals surface area contributed by atoms with E-state index in [1.807, 2.05) is 6.07 Å². The molecule has 0 amide bonds. The summed E-state index contributed by atoms with van der Waals surface area (Å²) in [4.78, 5) is 0. The molecule has 3 nitrogen and oxygen atoms in total. The van der Waals surface area contributed by atoms with Gasteiger partial charge < -0.3 is 5.32 Å². The van der Waals surface area contributed by atoms with Gasteiger partial charge in [-0.05, 0) is 32.3 Å². The zero-order valence-corrected chi connectivity index (χ0v) is 10.4. The van der Waals surface area contributed by atoms with Gasteiger partial charge in [0.1, 0.15) is 5.82 Å². The van der Waals surface area contributed by atoms with Crippen molar-refractivity contribution in [3.8, 4) is 0 Å². The number of H-pyrrole nitrogens is 1. The number of aromatic nitrogens is 2. The minimum atomic E-state index is 0.428. The van der Waals surface area contributed by atoms with Crippen molar-refractivity contribution in [2.24, 2.45) is 0 Å². The highest BCUT2D eigenvalue weighted by atomic mass is 15.2. The Hall–Kier alpha value is -1.77. The lowest BCUT2D eigenvalue weighted by Gasteiger charge is -2.05. The Kier molecular flexibility index (Phi) is 3.81. The Labute approximate surface area is 102 Å². The first-order valence-corrected chi connectivity index (χ1v) is 6.09. The highest BCUT2D eigenvalue weighted by Crippen LogP contribution is 2.10. The predicted molar refractivity (Wildman–Crippen MR) is 71.2 cm³/mol. The number of nitrogens with one attached hydrogen (secondary N) is 2. The van der Waals surface area contributed by atoms with E-state index < -0.39 is 0 Å². The zero-order chi connectivity index (χ0) is 12.1. The first-order valence-electron chi connectivity index (χ1n) is 6.09. The highest BCUT2D eigenvalue weighted by Gasteiger charge is 2.02. The van der Waals surface area contributed by atoms with E-state index in [1.165, 1.54) is 5.56 Å². The van der Waals surface area contributed by atoms with E-state index in [1.54, 1.807) is 0 Å². The molecule has 1 aromatic carbocycles. The number of rotatable bonds is 5. The number of nitrogens with zero attached hydrogens (tertiary/aromatic N) is 1. The van der Waals surface area contributed by atoms with E-state index in [4.69, 9.17) is 0 Å². The normalized spacial score (nSPS) is 10.8. The van der Waals surface area contributed by atoms with E-state index in [-0.39, 0.29) is 0 Å². The molecule has 0 fully saturated rings. The molecule has 1 heterocycles. The molecule has 0 saturated carbocycles. The number of aryl methyl sites for hydroxylation is 2. The molecular weight excluding hydrogens is 210 g/mol. The van der Waals surface area contributed by atoms with Crippen molar-refractivity contribution in [2.45, 2.75) is 32.7 Å². The average Bonchev–Trinajstić information content (AvgIpc) is 2.75. The Balaban J connectivity index is 1.89. The summed E-state index contributed by atoms with van der Waals surface area (Å²) in [5.74, 6) is 1.00. The predicted octanol–water partition coefficient (Wildman–Crippen LogP) is 3.02. The summed E-state index contributed by atoms with van der Waals surface area (Å²) in [6.45, 7) is 4.23. The lowest BCUT2D eigenvalue weighted by molar-refractivity contribution is 0.873. The molecule has 0 spiro atoms. The molecule has 0 aliphatic rings. The molecule has 0 unspecified atom stereocenters. The van der Waals surface area contributed by atoms with Crippen LogP contribution in [0.4, 0.5) is 5.82 Å². The van der Waals surface area contributed by atoms with Crippen LogP contribution in [0.3, 0.4) is 0 Å². The number of anilines is 1. The van der Waals surface area contributed by atoms with Gasteiger partial charge in [0.25, 0.3) is 0 Å². The fourth-order valence-corrected chi connectivity index (χ4v) is 1.79. The quantitative estimate of drug-likeness (QED) is 0.827. The van der Waals surface area contributed by atoms with Gasteiger partial charge >= 0.3 is 0 Å². The number of hydrogen-bond donors (Lipinski definition) is 2. The first kappa shape index (κ1) is 11.7. The van der Waals surface area contributed by atoms with Gasteiger partial charge in [-0.1, -0.05) is 30.3 Å². The Morgan fingerprint density at radius 1 is 1.18 bits per heavy atom. The third-order valence-corrected chi connectivity index (χ3v) is 2.59. The van der Waals surface area contributed by atoms with E-state index >= 15 is 0 Å². The molecule has 0 saturated heterocycles. The molecule has 0 bridgehead atoms. The second kappa shape index (κ2) is 5.53. The summed E-state index contributed by atoms with van der Waals surface area (Å²) in [5, 5.41) is 10.6. The van der Waals surface area contributed by atoms with Crippen LogP contribution >= 0.6 is 0 Å². The summed E-state index contributed by atoms with van der Waals surface area (Å²) in [7, 11) is 0. The number of benzene rings is 1. The van der Waals surface area contributed by atoms with Crippen molar-refractivity contribution in [3.63, 3.8) is 0 Å². The fraction of sp³-hybridized carbons (Fsp3) is 0.357. The van der Waals surface area contributed by atoms with Gasteiger partial charge in [-0.15, -0.1) is 0 Å². The van der Waals surface area contributed by atoms with E-state index in [9.17, 15) is 0 Å². The van der Waals surface area contributed by atoms with E-state index in [0.717, 1.165) is 24.4 Å². The summed E-state index contributed by atoms with van der Waals surface area (Å²) in [6, 6.07) is 13.0. The van der Waals surface area contributed by atoms with Gasteiger partial charge in [0.15, 0.2) is 0 Å². The molecule has 0 aliphatic heterocycles. The summed E-state index contributed by atoms with van der Waals surface area (Å²) >= 11 is 0. The number of hydrogen-bond acceptors (Lipinski definition) is 2. The third-order valence-electron chi connectivity index (χ3n) is 2.59. The molecule has 90 valence electrons. The van der Waals surface area contributed by atoms with Crippen molar-refractivity contribution in [1.82, 2.24) is 10.2 Å². The molecule has 1 aromatic heterocycles. The maximum absolute atomic E-state index is 4.30. The van der Waals surface area contributed by atoms with Crippen molar-refractivity contribution in [3.05, 3.63) is 47.7 Å². The van der Waals surface area contributed by atoms with Crippen LogP contribution in [0.15, 0.2) is 36.4 Å². The molecule has 2 N–H and O–H groups in total. The van der Waals surface area contributed by atoms with Crippen LogP contribution in [0, 0.1) is 0 Å². The summed E-state index contributed by atoms with van der Waals surface area (Å²) in [6.07, 6.45) is 2.01. The van der Waals surface area contributed by atoms with Crippen molar-refractivity contribution in [1.29, 1.82) is 0 Å². The lowest BCUT2D eigenvalue weighted by Crippen LogP contribution is -2.09. The maximum atomic E-state index is 4.30. The SMILES string of the molecule is CC(C)Nc1cc(CCc2ccccc2)n[nH]1. The molecule has 0 aliphatic carbocycles. The monoisotopic (exact) mass is 229 g/mol. The highest BCUT2D eigenvalue weighted by molar-refractivity contribution is 5.36. The first-order chi connectivity index (χ1) is 8.24. The molecular formula is C14H19N3. The van der Waals surface area contributed by atoms with Crippen LogP contribution in [-0.4, -0.2) is 16.2 Å². The van der Waals surface area contributed by atoms with Crippen molar-refractivity contribution >= 4 is 5.82 Å². The zero-order valence-electron chi connectivity index (χ0n) is 10.4. The molecule has 2 rings (SSSR count). The summed E-state index contributed by atoms with van der Waals surface area (Å²) in [5.41, 5.74) is 2.46. The maximum Gasteiger partial charge on any atom is 0.121 e. The minimum absolute atomic E-state index is 0.428. The van der Waals surface area contributed by atoms with Gasteiger partial charge in [0.05, 0.1) is 5.69 Å². The second-order valence-electron chi connectivity index (χ2n) is 4.56. The Morgan fingerprint density at radius 2 is 1.94 bits per heavy atom.